The number of benzene rings is 3. The van der Waals surface area contributed by atoms with Crippen LogP contribution in [0.3, 0.4) is 0 Å². The number of rotatable bonds is 6. The van der Waals surface area contributed by atoms with Crippen molar-refractivity contribution >= 4 is 46.3 Å². The molecule has 0 spiro atoms. The first-order chi connectivity index (χ1) is 15.3. The van der Waals surface area contributed by atoms with E-state index in [1.165, 1.54) is 17.0 Å². The van der Waals surface area contributed by atoms with Gasteiger partial charge in [-0.2, -0.15) is 0 Å². The van der Waals surface area contributed by atoms with Crippen LogP contribution in [-0.2, 0) is 16.0 Å². The molecule has 1 heterocycles. The minimum atomic E-state index is -0.429. The van der Waals surface area contributed by atoms with E-state index in [1.54, 1.807) is 48.5 Å². The fourth-order valence-electron chi connectivity index (χ4n) is 3.53. The second-order valence-corrected chi connectivity index (χ2v) is 8.35. The maximum absolute atomic E-state index is 13.3. The summed E-state index contributed by atoms with van der Waals surface area (Å²) in [6.45, 7) is 2.05. The Labute approximate surface area is 195 Å². The van der Waals surface area contributed by atoms with E-state index in [1.807, 2.05) is 13.0 Å². The van der Waals surface area contributed by atoms with Crippen LogP contribution in [0.25, 0.3) is 5.57 Å². The lowest BCUT2D eigenvalue weighted by Gasteiger charge is -2.16. The van der Waals surface area contributed by atoms with Crippen LogP contribution in [-0.4, -0.2) is 23.3 Å². The van der Waals surface area contributed by atoms with Crippen LogP contribution >= 0.6 is 23.2 Å². The molecule has 1 N–H and O–H groups in total. The predicted molar refractivity (Wildman–Crippen MR) is 125 cm³/mol. The Kier molecular flexibility index (Phi) is 6.31. The van der Waals surface area contributed by atoms with Crippen LogP contribution in [0.4, 0.5) is 10.1 Å². The first kappa shape index (κ1) is 22.1. The molecule has 162 valence electrons. The molecule has 3 aromatic rings. The number of hydrogen-bond donors (Lipinski definition) is 1. The monoisotopic (exact) mass is 468 g/mol. The number of hydrogen-bond acceptors (Lipinski definition) is 3. The molecule has 0 saturated heterocycles. The van der Waals surface area contributed by atoms with Gasteiger partial charge < -0.3 is 5.32 Å². The quantitative estimate of drug-likeness (QED) is 0.459. The van der Waals surface area contributed by atoms with Gasteiger partial charge >= 0.3 is 0 Å². The van der Waals surface area contributed by atoms with Gasteiger partial charge in [0, 0.05) is 22.3 Å². The smallest absolute Gasteiger partial charge is 0.278 e. The van der Waals surface area contributed by atoms with Gasteiger partial charge in [0.05, 0.1) is 5.57 Å². The van der Waals surface area contributed by atoms with E-state index in [9.17, 15) is 14.0 Å². The van der Waals surface area contributed by atoms with Gasteiger partial charge in [0.25, 0.3) is 11.8 Å². The fraction of sp³-hybridized carbons (Fsp3) is 0.120. The van der Waals surface area contributed by atoms with E-state index in [2.05, 4.69) is 5.32 Å². The van der Waals surface area contributed by atoms with Crippen molar-refractivity contribution in [3.8, 4) is 0 Å². The minimum absolute atomic E-state index is 0.167. The van der Waals surface area contributed by atoms with Crippen LogP contribution in [0.15, 0.2) is 72.4 Å². The maximum atomic E-state index is 13.3. The summed E-state index contributed by atoms with van der Waals surface area (Å²) >= 11 is 12.1. The number of imide groups is 1. The number of anilines is 1. The third-order valence-electron chi connectivity index (χ3n) is 5.30. The molecule has 1 aliphatic rings. The SMILES string of the molecule is Cc1ccc(Cl)cc1NC1=C(c2ccc(Cl)cc2)C(=O)N(CCc2ccc(F)cc2)C1=O. The summed E-state index contributed by atoms with van der Waals surface area (Å²) in [6.07, 6.45) is 0.412. The Hall–Kier alpha value is -3.15. The molecule has 0 aromatic heterocycles. The van der Waals surface area contributed by atoms with E-state index in [4.69, 9.17) is 23.2 Å². The second-order valence-electron chi connectivity index (χ2n) is 7.48. The molecule has 0 atom stereocenters. The lowest BCUT2D eigenvalue weighted by molar-refractivity contribution is -0.136. The van der Waals surface area contributed by atoms with Crippen LogP contribution in [0.2, 0.25) is 10.0 Å². The summed E-state index contributed by atoms with van der Waals surface area (Å²) in [5.74, 6) is -1.17. The lowest BCUT2D eigenvalue weighted by Crippen LogP contribution is -2.34. The highest BCUT2D eigenvalue weighted by Gasteiger charge is 2.39. The number of nitrogens with zero attached hydrogens (tertiary/aromatic N) is 1. The first-order valence-corrected chi connectivity index (χ1v) is 10.7. The summed E-state index contributed by atoms with van der Waals surface area (Å²) in [4.78, 5) is 27.8. The van der Waals surface area contributed by atoms with Gasteiger partial charge in [0.1, 0.15) is 11.5 Å². The molecule has 0 unspecified atom stereocenters. The molecule has 0 bridgehead atoms. The standard InChI is InChI=1S/C25H19Cl2FN2O2/c1-15-2-7-19(27)14-21(15)29-23-22(17-5-8-18(26)9-6-17)24(31)30(25(23)32)13-12-16-3-10-20(28)11-4-16/h2-11,14,29H,12-13H2,1H3. The Morgan fingerprint density at radius 3 is 2.22 bits per heavy atom. The van der Waals surface area contributed by atoms with Crippen molar-refractivity contribution in [2.24, 2.45) is 0 Å². The molecule has 7 heteroatoms. The van der Waals surface area contributed by atoms with Crippen molar-refractivity contribution in [3.63, 3.8) is 0 Å². The van der Waals surface area contributed by atoms with Crippen molar-refractivity contribution in [1.29, 1.82) is 0 Å². The van der Waals surface area contributed by atoms with E-state index in [-0.39, 0.29) is 23.6 Å². The van der Waals surface area contributed by atoms with Crippen molar-refractivity contribution in [2.45, 2.75) is 13.3 Å². The third kappa shape index (κ3) is 4.54. The molecule has 32 heavy (non-hydrogen) atoms. The number of carbonyl (C=O) groups excluding carboxylic acids is 2. The first-order valence-electron chi connectivity index (χ1n) is 9.97. The molecule has 0 fully saturated rings. The Morgan fingerprint density at radius 2 is 1.53 bits per heavy atom. The average molecular weight is 469 g/mol. The van der Waals surface area contributed by atoms with Gasteiger partial charge in [-0.25, -0.2) is 4.39 Å². The van der Waals surface area contributed by atoms with E-state index >= 15 is 0 Å². The van der Waals surface area contributed by atoms with Crippen LogP contribution in [0.5, 0.6) is 0 Å². The lowest BCUT2D eigenvalue weighted by atomic mass is 10.0. The molecule has 2 amide bonds. The normalized spacial score (nSPS) is 13.8. The van der Waals surface area contributed by atoms with E-state index in [0.29, 0.717) is 27.7 Å². The highest BCUT2D eigenvalue weighted by molar-refractivity contribution is 6.37. The van der Waals surface area contributed by atoms with Crippen molar-refractivity contribution in [1.82, 2.24) is 4.90 Å². The molecule has 4 nitrogen and oxygen atoms in total. The molecule has 0 aliphatic carbocycles. The van der Waals surface area contributed by atoms with Crippen molar-refractivity contribution in [3.05, 3.63) is 105 Å². The van der Waals surface area contributed by atoms with Gasteiger partial charge in [-0.15, -0.1) is 0 Å². The molecule has 4 rings (SSSR count). The zero-order valence-electron chi connectivity index (χ0n) is 17.2. The minimum Gasteiger partial charge on any atom is -0.350 e. The third-order valence-corrected chi connectivity index (χ3v) is 5.78. The summed E-state index contributed by atoms with van der Waals surface area (Å²) in [5, 5.41) is 4.17. The second kappa shape index (κ2) is 9.15. The van der Waals surface area contributed by atoms with E-state index < -0.39 is 11.8 Å². The van der Waals surface area contributed by atoms with Crippen LogP contribution < -0.4 is 5.32 Å². The summed E-state index contributed by atoms with van der Waals surface area (Å²) < 4.78 is 13.2. The fourth-order valence-corrected chi connectivity index (χ4v) is 3.83. The zero-order valence-corrected chi connectivity index (χ0v) is 18.7. The molecule has 1 aliphatic heterocycles. The van der Waals surface area contributed by atoms with Gasteiger partial charge in [0.15, 0.2) is 0 Å². The Morgan fingerprint density at radius 1 is 0.875 bits per heavy atom. The van der Waals surface area contributed by atoms with E-state index in [0.717, 1.165) is 11.1 Å². The number of aryl methyl sites for hydroxylation is 1. The summed E-state index contributed by atoms with van der Waals surface area (Å²) in [5.41, 5.74) is 3.38. The summed E-state index contributed by atoms with van der Waals surface area (Å²) in [6, 6.07) is 18.1. The topological polar surface area (TPSA) is 49.4 Å². The number of nitrogens with one attached hydrogen (secondary N) is 1. The predicted octanol–water partition coefficient (Wildman–Crippen LogP) is 5.88. The largest absolute Gasteiger partial charge is 0.350 e. The average Bonchev–Trinajstić information content (AvgIpc) is 3.00. The van der Waals surface area contributed by atoms with Gasteiger partial charge in [0.2, 0.25) is 0 Å². The Balaban J connectivity index is 1.68. The van der Waals surface area contributed by atoms with Crippen LogP contribution in [0, 0.1) is 12.7 Å². The molecular weight excluding hydrogens is 450 g/mol. The number of amides is 2. The van der Waals surface area contributed by atoms with Crippen molar-refractivity contribution < 1.29 is 14.0 Å². The van der Waals surface area contributed by atoms with Gasteiger partial charge in [-0.3, -0.25) is 14.5 Å². The summed E-state index contributed by atoms with van der Waals surface area (Å²) in [7, 11) is 0. The zero-order chi connectivity index (χ0) is 22.8. The molecular formula is C25H19Cl2FN2O2. The highest BCUT2D eigenvalue weighted by atomic mass is 35.5. The van der Waals surface area contributed by atoms with Crippen molar-refractivity contribution in [2.75, 3.05) is 11.9 Å². The Bertz CT molecular complexity index is 1220. The molecule has 3 aromatic carbocycles. The molecule has 0 radical (unpaired) electrons. The highest BCUT2D eigenvalue weighted by Crippen LogP contribution is 2.32. The number of halogens is 3. The maximum Gasteiger partial charge on any atom is 0.278 e. The molecule has 0 saturated carbocycles. The van der Waals surface area contributed by atoms with Crippen LogP contribution in [0.1, 0.15) is 16.7 Å². The van der Waals surface area contributed by atoms with Gasteiger partial charge in [-0.1, -0.05) is 53.5 Å². The number of carbonyl (C=O) groups is 2. The van der Waals surface area contributed by atoms with Gasteiger partial charge in [-0.05, 0) is 66.4 Å².